The van der Waals surface area contributed by atoms with Gasteiger partial charge in [-0.05, 0) is 61.2 Å². The lowest BCUT2D eigenvalue weighted by Crippen LogP contribution is -2.49. The van der Waals surface area contributed by atoms with E-state index in [9.17, 15) is 9.59 Å². The molecular formula is C22H25Cl3N2O3. The van der Waals surface area contributed by atoms with Gasteiger partial charge in [0.15, 0.2) is 6.61 Å². The highest BCUT2D eigenvalue weighted by atomic mass is 35.5. The molecule has 0 spiro atoms. The smallest absolute Gasteiger partial charge is 0.261 e. The molecule has 2 aromatic carbocycles. The molecule has 0 saturated heterocycles. The predicted molar refractivity (Wildman–Crippen MR) is 122 cm³/mol. The first-order valence-corrected chi connectivity index (χ1v) is 10.7. The average Bonchev–Trinajstić information content (AvgIpc) is 2.72. The fourth-order valence-electron chi connectivity index (χ4n) is 3.14. The number of amides is 2. The van der Waals surface area contributed by atoms with E-state index in [1.807, 2.05) is 20.8 Å². The second kappa shape index (κ2) is 10.9. The van der Waals surface area contributed by atoms with Crippen LogP contribution in [0.1, 0.15) is 30.0 Å². The Kier molecular flexibility index (Phi) is 8.83. The van der Waals surface area contributed by atoms with Gasteiger partial charge in [0.05, 0.1) is 10.0 Å². The molecule has 0 fully saturated rings. The molecule has 0 aliphatic heterocycles. The van der Waals surface area contributed by atoms with Crippen molar-refractivity contribution in [2.24, 2.45) is 0 Å². The Bertz CT molecular complexity index is 911. The van der Waals surface area contributed by atoms with E-state index in [4.69, 9.17) is 39.5 Å². The van der Waals surface area contributed by atoms with Crippen molar-refractivity contribution in [1.29, 1.82) is 0 Å². The van der Waals surface area contributed by atoms with Gasteiger partial charge in [-0.2, -0.15) is 0 Å². The predicted octanol–water partition coefficient (Wildman–Crippen LogP) is 5.20. The summed E-state index contributed by atoms with van der Waals surface area (Å²) in [6.07, 6.45) is 0.450. The summed E-state index contributed by atoms with van der Waals surface area (Å²) in [5.74, 6) is -0.0175. The van der Waals surface area contributed by atoms with Crippen LogP contribution in [0.2, 0.25) is 15.1 Å². The Morgan fingerprint density at radius 1 is 1.07 bits per heavy atom. The van der Waals surface area contributed by atoms with Gasteiger partial charge in [-0.1, -0.05) is 47.8 Å². The number of likely N-dealkylation sites (N-methyl/N-ethyl adjacent to an activating group) is 1. The minimum atomic E-state index is -0.644. The highest BCUT2D eigenvalue weighted by Gasteiger charge is 2.28. The first-order valence-electron chi connectivity index (χ1n) is 9.52. The van der Waals surface area contributed by atoms with Crippen molar-refractivity contribution in [1.82, 2.24) is 10.2 Å². The van der Waals surface area contributed by atoms with Crippen LogP contribution in [0.4, 0.5) is 0 Å². The number of ether oxygens (including phenoxy) is 1. The Labute approximate surface area is 192 Å². The molecule has 30 heavy (non-hydrogen) atoms. The molecule has 1 unspecified atom stereocenters. The molecule has 2 aromatic rings. The number of hydrogen-bond donors (Lipinski definition) is 1. The van der Waals surface area contributed by atoms with Crippen LogP contribution < -0.4 is 10.1 Å². The summed E-state index contributed by atoms with van der Waals surface area (Å²) in [6, 6.07) is 8.04. The monoisotopic (exact) mass is 470 g/mol. The third-order valence-electron chi connectivity index (χ3n) is 4.74. The summed E-state index contributed by atoms with van der Waals surface area (Å²) >= 11 is 18.3. The minimum Gasteiger partial charge on any atom is -0.484 e. The molecule has 0 heterocycles. The van der Waals surface area contributed by atoms with Gasteiger partial charge in [-0.25, -0.2) is 0 Å². The van der Waals surface area contributed by atoms with Gasteiger partial charge in [0.1, 0.15) is 11.8 Å². The van der Waals surface area contributed by atoms with Crippen LogP contribution in [0.3, 0.4) is 0 Å². The second-order valence-corrected chi connectivity index (χ2v) is 8.16. The fourth-order valence-corrected chi connectivity index (χ4v) is 3.57. The molecule has 0 aliphatic carbocycles. The van der Waals surface area contributed by atoms with Crippen molar-refractivity contribution in [3.8, 4) is 5.75 Å². The van der Waals surface area contributed by atoms with Gasteiger partial charge in [0.2, 0.25) is 5.91 Å². The number of nitrogens with zero attached hydrogens (tertiary/aromatic N) is 1. The first-order chi connectivity index (χ1) is 14.2. The van der Waals surface area contributed by atoms with Crippen molar-refractivity contribution in [2.45, 2.75) is 39.8 Å². The van der Waals surface area contributed by atoms with Gasteiger partial charge in [0.25, 0.3) is 5.91 Å². The van der Waals surface area contributed by atoms with E-state index in [0.717, 1.165) is 16.7 Å². The van der Waals surface area contributed by atoms with E-state index in [0.29, 0.717) is 27.2 Å². The van der Waals surface area contributed by atoms with Crippen LogP contribution in [0, 0.1) is 13.8 Å². The van der Waals surface area contributed by atoms with Crippen LogP contribution in [0.15, 0.2) is 30.3 Å². The summed E-state index contributed by atoms with van der Waals surface area (Å²) in [5, 5.41) is 4.10. The molecule has 2 amide bonds. The molecule has 0 radical (unpaired) electrons. The number of halogens is 3. The van der Waals surface area contributed by atoms with Crippen molar-refractivity contribution < 1.29 is 14.3 Å². The van der Waals surface area contributed by atoms with Crippen LogP contribution >= 0.6 is 34.8 Å². The van der Waals surface area contributed by atoms with Crippen molar-refractivity contribution in [3.05, 3.63) is 62.1 Å². The largest absolute Gasteiger partial charge is 0.484 e. The number of aryl methyl sites for hydroxylation is 2. The molecule has 8 heteroatoms. The summed E-state index contributed by atoms with van der Waals surface area (Å²) in [5.41, 5.74) is 2.49. The minimum absolute atomic E-state index is 0.198. The number of benzene rings is 2. The first kappa shape index (κ1) is 24.3. The Balaban J connectivity index is 2.24. The molecule has 2 rings (SSSR count). The second-order valence-electron chi connectivity index (χ2n) is 6.97. The molecule has 1 N–H and O–H groups in total. The van der Waals surface area contributed by atoms with E-state index >= 15 is 0 Å². The van der Waals surface area contributed by atoms with E-state index in [-0.39, 0.29) is 25.0 Å². The van der Waals surface area contributed by atoms with Crippen molar-refractivity contribution >= 4 is 46.6 Å². The number of nitrogens with one attached hydrogen (secondary N) is 1. The van der Waals surface area contributed by atoms with Gasteiger partial charge < -0.3 is 15.0 Å². The quantitative estimate of drug-likeness (QED) is 0.576. The number of rotatable bonds is 8. The number of carbonyl (C=O) groups excluding carboxylic acids is 2. The van der Waals surface area contributed by atoms with E-state index < -0.39 is 6.04 Å². The highest BCUT2D eigenvalue weighted by Crippen LogP contribution is 2.26. The lowest BCUT2D eigenvalue weighted by Gasteiger charge is -2.30. The van der Waals surface area contributed by atoms with Crippen molar-refractivity contribution in [2.75, 3.05) is 13.7 Å². The lowest BCUT2D eigenvalue weighted by atomic mass is 10.1. The number of hydrogen-bond acceptors (Lipinski definition) is 3. The molecule has 0 bridgehead atoms. The third-order valence-corrected chi connectivity index (χ3v) is 6.08. The van der Waals surface area contributed by atoms with Gasteiger partial charge in [-0.15, -0.1) is 0 Å². The molecule has 5 nitrogen and oxygen atoms in total. The van der Waals surface area contributed by atoms with E-state index in [2.05, 4.69) is 5.32 Å². The maximum absolute atomic E-state index is 13.1. The Hall–Kier alpha value is -1.95. The van der Waals surface area contributed by atoms with Gasteiger partial charge in [-0.3, -0.25) is 9.59 Å². The van der Waals surface area contributed by atoms with Gasteiger partial charge in [0, 0.05) is 18.6 Å². The normalized spacial score (nSPS) is 11.7. The molecule has 162 valence electrons. The summed E-state index contributed by atoms with van der Waals surface area (Å²) in [4.78, 5) is 27.0. The summed E-state index contributed by atoms with van der Waals surface area (Å²) < 4.78 is 5.73. The van der Waals surface area contributed by atoms with Gasteiger partial charge >= 0.3 is 0 Å². The summed E-state index contributed by atoms with van der Waals surface area (Å²) in [7, 11) is 1.54. The highest BCUT2D eigenvalue weighted by molar-refractivity contribution is 6.42. The topological polar surface area (TPSA) is 58.6 Å². The fraction of sp³-hybridized carbons (Fsp3) is 0.364. The molecule has 1 atom stereocenters. The van der Waals surface area contributed by atoms with Crippen LogP contribution in [-0.2, 0) is 16.1 Å². The van der Waals surface area contributed by atoms with Crippen LogP contribution in [0.25, 0.3) is 0 Å². The van der Waals surface area contributed by atoms with E-state index in [1.54, 1.807) is 37.4 Å². The molecule has 0 saturated carbocycles. The molecule has 0 aliphatic rings. The standard InChI is InChI=1S/C22H25Cl3N2O3/c1-5-19(22(29)26-4)27(11-15-6-7-17(23)18(24)10-15)20(28)12-30-16-8-13(2)21(25)14(3)9-16/h6-10,19H,5,11-12H2,1-4H3,(H,26,29). The molecule has 0 aromatic heterocycles. The van der Waals surface area contributed by atoms with Crippen LogP contribution in [-0.4, -0.2) is 36.4 Å². The zero-order valence-corrected chi connectivity index (χ0v) is 19.7. The maximum Gasteiger partial charge on any atom is 0.261 e. The maximum atomic E-state index is 13.1. The zero-order valence-electron chi connectivity index (χ0n) is 17.4. The summed E-state index contributed by atoms with van der Waals surface area (Å²) in [6.45, 7) is 5.58. The average molecular weight is 472 g/mol. The van der Waals surface area contributed by atoms with Crippen molar-refractivity contribution in [3.63, 3.8) is 0 Å². The number of carbonyl (C=O) groups is 2. The lowest BCUT2D eigenvalue weighted by molar-refractivity contribution is -0.142. The third kappa shape index (κ3) is 6.03. The molecular weight excluding hydrogens is 447 g/mol. The zero-order chi connectivity index (χ0) is 22.4. The van der Waals surface area contributed by atoms with Crippen LogP contribution in [0.5, 0.6) is 5.75 Å². The Morgan fingerprint density at radius 2 is 1.70 bits per heavy atom. The Morgan fingerprint density at radius 3 is 2.23 bits per heavy atom. The van der Waals surface area contributed by atoms with E-state index in [1.165, 1.54) is 4.90 Å². The SMILES string of the molecule is CCC(C(=O)NC)N(Cc1ccc(Cl)c(Cl)c1)C(=O)COc1cc(C)c(Cl)c(C)c1.